The second-order valence-electron chi connectivity index (χ2n) is 16.7. The third-order valence-electron chi connectivity index (χ3n) is 10.6. The maximum atomic E-state index is 12.8. The van der Waals surface area contributed by atoms with E-state index >= 15 is 0 Å². The summed E-state index contributed by atoms with van der Waals surface area (Å²) in [4.78, 5) is 38.0. The van der Waals surface area contributed by atoms with Crippen molar-refractivity contribution in [2.45, 2.75) is 239 Å². The first-order valence-corrected chi connectivity index (χ1v) is 25.6. The van der Waals surface area contributed by atoms with Crippen molar-refractivity contribution in [3.63, 3.8) is 0 Å². The van der Waals surface area contributed by atoms with E-state index in [0.717, 1.165) is 141 Å². The molecule has 0 rings (SSSR count). The van der Waals surface area contributed by atoms with Crippen molar-refractivity contribution in [3.05, 3.63) is 85.1 Å². The zero-order valence-corrected chi connectivity index (χ0v) is 40.4. The van der Waals surface area contributed by atoms with Gasteiger partial charge in [0.2, 0.25) is 0 Å². The Balaban J connectivity index is 4.46. The van der Waals surface area contributed by atoms with Crippen LogP contribution in [0.25, 0.3) is 0 Å². The molecule has 0 fully saturated rings. The lowest BCUT2D eigenvalue weighted by Gasteiger charge is -2.18. The van der Waals surface area contributed by atoms with Gasteiger partial charge in [-0.1, -0.05) is 189 Å². The highest BCUT2D eigenvalue weighted by atomic mass is 16.6. The molecule has 0 aromatic heterocycles. The van der Waals surface area contributed by atoms with Crippen molar-refractivity contribution in [2.24, 2.45) is 0 Å². The summed E-state index contributed by atoms with van der Waals surface area (Å²) in [6.45, 7) is 6.36. The molecular weight excluding hydrogens is 769 g/mol. The largest absolute Gasteiger partial charge is 0.462 e. The molecule has 0 amide bonds. The summed E-state index contributed by atoms with van der Waals surface area (Å²) in [6.07, 6.45) is 64.2. The standard InChI is InChI=1S/C56H94O6/c1-4-7-10-13-16-19-22-25-28-31-34-37-40-43-46-49-55(58)61-52-53(51-60-54(57)48-45-42-39-36-33-30-27-24-21-18-15-12-9-6-3)62-56(59)50-47-44-41-38-35-32-29-26-23-20-17-14-11-8-5-2/h7-8,10-11,16-17,19-20,24-29,53H,4-6,9,12-15,18,21-23,30-52H2,1-3H3/b10-7-,11-8-,19-16-,20-17-,27-24-,28-25-,29-26-/t53-/m1/s1. The smallest absolute Gasteiger partial charge is 0.306 e. The number of carbonyl (C=O) groups is 3. The average Bonchev–Trinajstić information content (AvgIpc) is 3.27. The van der Waals surface area contributed by atoms with Crippen molar-refractivity contribution < 1.29 is 28.6 Å². The van der Waals surface area contributed by atoms with Crippen LogP contribution >= 0.6 is 0 Å². The summed E-state index contributed by atoms with van der Waals surface area (Å²) in [6, 6.07) is 0. The lowest BCUT2D eigenvalue weighted by Crippen LogP contribution is -2.30. The Morgan fingerprint density at radius 3 is 1.00 bits per heavy atom. The summed E-state index contributed by atoms with van der Waals surface area (Å²) in [7, 11) is 0. The summed E-state index contributed by atoms with van der Waals surface area (Å²) in [5.41, 5.74) is 0. The van der Waals surface area contributed by atoms with E-state index in [2.05, 4.69) is 106 Å². The second kappa shape index (κ2) is 50.2. The zero-order valence-electron chi connectivity index (χ0n) is 40.4. The maximum Gasteiger partial charge on any atom is 0.306 e. The Labute approximate surface area is 382 Å². The number of rotatable bonds is 45. The number of hydrogen-bond donors (Lipinski definition) is 0. The van der Waals surface area contributed by atoms with Crippen LogP contribution in [-0.4, -0.2) is 37.2 Å². The minimum absolute atomic E-state index is 0.0942. The molecule has 6 heteroatoms. The van der Waals surface area contributed by atoms with Crippen LogP contribution < -0.4 is 0 Å². The predicted molar refractivity (Wildman–Crippen MR) is 265 cm³/mol. The van der Waals surface area contributed by atoms with Gasteiger partial charge < -0.3 is 14.2 Å². The molecule has 0 saturated heterocycles. The van der Waals surface area contributed by atoms with Crippen molar-refractivity contribution >= 4 is 17.9 Å². The summed E-state index contributed by atoms with van der Waals surface area (Å²) in [5, 5.41) is 0. The molecule has 354 valence electrons. The maximum absolute atomic E-state index is 12.8. The lowest BCUT2D eigenvalue weighted by atomic mass is 10.1. The molecule has 0 radical (unpaired) electrons. The van der Waals surface area contributed by atoms with Gasteiger partial charge in [-0.05, 0) is 109 Å². The van der Waals surface area contributed by atoms with Gasteiger partial charge in [0.1, 0.15) is 13.2 Å². The Morgan fingerprint density at radius 1 is 0.339 bits per heavy atom. The fourth-order valence-electron chi connectivity index (χ4n) is 6.82. The molecule has 62 heavy (non-hydrogen) atoms. The molecule has 0 aromatic rings. The number of esters is 3. The fourth-order valence-corrected chi connectivity index (χ4v) is 6.82. The molecular formula is C56H94O6. The SMILES string of the molecule is CC/C=C\C/C=C\C/C=C\CCCCCCCC(=O)OC[C@@H](COC(=O)CCCCCCC/C=C\CCCCCCC)OC(=O)CCCCCCC/C=C\C/C=C\C/C=C\CC. The van der Waals surface area contributed by atoms with E-state index in [1.165, 1.54) is 51.4 Å². The molecule has 0 saturated carbocycles. The molecule has 0 spiro atoms. The van der Waals surface area contributed by atoms with E-state index < -0.39 is 6.10 Å². The van der Waals surface area contributed by atoms with Gasteiger partial charge in [0.15, 0.2) is 6.10 Å². The summed E-state index contributed by atoms with van der Waals surface area (Å²) >= 11 is 0. The van der Waals surface area contributed by atoms with Gasteiger partial charge in [-0.25, -0.2) is 0 Å². The first kappa shape index (κ1) is 58.6. The van der Waals surface area contributed by atoms with Gasteiger partial charge in [0, 0.05) is 19.3 Å². The number of allylic oxidation sites excluding steroid dienone is 14. The molecule has 0 bridgehead atoms. The second-order valence-corrected chi connectivity index (χ2v) is 16.7. The summed E-state index contributed by atoms with van der Waals surface area (Å²) < 4.78 is 16.8. The quantitative estimate of drug-likeness (QED) is 0.0263. The molecule has 0 unspecified atom stereocenters. The van der Waals surface area contributed by atoms with E-state index in [1.807, 2.05) is 0 Å². The van der Waals surface area contributed by atoms with Crippen LogP contribution in [0.4, 0.5) is 0 Å². The molecule has 0 aliphatic carbocycles. The lowest BCUT2D eigenvalue weighted by molar-refractivity contribution is -0.167. The Kier molecular flexibility index (Phi) is 47.5. The highest BCUT2D eigenvalue weighted by Crippen LogP contribution is 2.13. The van der Waals surface area contributed by atoms with E-state index in [9.17, 15) is 14.4 Å². The van der Waals surface area contributed by atoms with Gasteiger partial charge >= 0.3 is 17.9 Å². The first-order chi connectivity index (χ1) is 30.5. The van der Waals surface area contributed by atoms with Crippen LogP contribution in [0.2, 0.25) is 0 Å². The number of unbranched alkanes of at least 4 members (excludes halogenated alkanes) is 20. The molecule has 0 heterocycles. The summed E-state index contributed by atoms with van der Waals surface area (Å²) in [5.74, 6) is -0.938. The van der Waals surface area contributed by atoms with Gasteiger partial charge in [-0.15, -0.1) is 0 Å². The highest BCUT2D eigenvalue weighted by Gasteiger charge is 2.19. The Hall–Kier alpha value is -3.41. The monoisotopic (exact) mass is 863 g/mol. The number of hydrogen-bond acceptors (Lipinski definition) is 6. The number of carbonyl (C=O) groups excluding carboxylic acids is 3. The van der Waals surface area contributed by atoms with E-state index in [4.69, 9.17) is 14.2 Å². The number of ether oxygens (including phenoxy) is 3. The van der Waals surface area contributed by atoms with Crippen LogP contribution in [0, 0.1) is 0 Å². The van der Waals surface area contributed by atoms with Crippen molar-refractivity contribution in [3.8, 4) is 0 Å². The molecule has 0 N–H and O–H groups in total. The van der Waals surface area contributed by atoms with Gasteiger partial charge in [-0.3, -0.25) is 14.4 Å². The van der Waals surface area contributed by atoms with E-state index in [-0.39, 0.29) is 31.1 Å². The topological polar surface area (TPSA) is 78.9 Å². The molecule has 0 aliphatic rings. The Bertz CT molecular complexity index is 1220. The third kappa shape index (κ3) is 47.6. The molecule has 6 nitrogen and oxygen atoms in total. The molecule has 0 aromatic carbocycles. The van der Waals surface area contributed by atoms with E-state index in [1.54, 1.807) is 0 Å². The van der Waals surface area contributed by atoms with Crippen LogP contribution in [-0.2, 0) is 28.6 Å². The van der Waals surface area contributed by atoms with Gasteiger partial charge in [0.25, 0.3) is 0 Å². The van der Waals surface area contributed by atoms with Crippen LogP contribution in [0.15, 0.2) is 85.1 Å². The molecule has 0 aliphatic heterocycles. The Morgan fingerprint density at radius 2 is 0.629 bits per heavy atom. The minimum atomic E-state index is -0.796. The van der Waals surface area contributed by atoms with Crippen molar-refractivity contribution in [1.29, 1.82) is 0 Å². The first-order valence-electron chi connectivity index (χ1n) is 25.6. The highest BCUT2D eigenvalue weighted by molar-refractivity contribution is 5.71. The van der Waals surface area contributed by atoms with Gasteiger partial charge in [-0.2, -0.15) is 0 Å². The normalized spacial score (nSPS) is 12.8. The molecule has 1 atom stereocenters. The van der Waals surface area contributed by atoms with Crippen molar-refractivity contribution in [1.82, 2.24) is 0 Å². The average molecular weight is 863 g/mol. The van der Waals surface area contributed by atoms with Crippen LogP contribution in [0.1, 0.15) is 233 Å². The van der Waals surface area contributed by atoms with Gasteiger partial charge in [0.05, 0.1) is 0 Å². The van der Waals surface area contributed by atoms with Crippen molar-refractivity contribution in [2.75, 3.05) is 13.2 Å². The third-order valence-corrected chi connectivity index (χ3v) is 10.6. The predicted octanol–water partition coefficient (Wildman–Crippen LogP) is 16.8. The van der Waals surface area contributed by atoms with Crippen LogP contribution in [0.3, 0.4) is 0 Å². The zero-order chi connectivity index (χ0) is 45.1. The minimum Gasteiger partial charge on any atom is -0.462 e. The van der Waals surface area contributed by atoms with Crippen LogP contribution in [0.5, 0.6) is 0 Å². The van der Waals surface area contributed by atoms with E-state index in [0.29, 0.717) is 19.3 Å². The fraction of sp³-hybridized carbons (Fsp3) is 0.696.